The normalized spacial score (nSPS) is 13.3. The molecule has 37 heavy (non-hydrogen) atoms. The zero-order chi connectivity index (χ0) is 26.6. The smallest absolute Gasteiger partial charge is 0.305 e. The number of hydrogen-bond acceptors (Lipinski definition) is 5. The summed E-state index contributed by atoms with van der Waals surface area (Å²) in [5.41, 5.74) is 7.12. The first-order valence-electron chi connectivity index (χ1n) is 13.3. The fourth-order valence-corrected chi connectivity index (χ4v) is 5.58. The summed E-state index contributed by atoms with van der Waals surface area (Å²) in [5, 5.41) is 0. The maximum atomic E-state index is 11.3. The van der Waals surface area contributed by atoms with E-state index in [0.717, 1.165) is 35.5 Å². The third-order valence-corrected chi connectivity index (χ3v) is 7.42. The minimum Gasteiger partial charge on any atom is -0.490 e. The number of aryl methyl sites for hydroxylation is 3. The number of carbonyl (C=O) groups is 1. The van der Waals surface area contributed by atoms with Gasteiger partial charge < -0.3 is 14.2 Å². The molecule has 0 aromatic heterocycles. The summed E-state index contributed by atoms with van der Waals surface area (Å²) >= 11 is 2.02. The molecule has 0 spiro atoms. The van der Waals surface area contributed by atoms with Gasteiger partial charge in [0.1, 0.15) is 24.2 Å². The Labute approximate surface area is 226 Å². The van der Waals surface area contributed by atoms with E-state index in [2.05, 4.69) is 50.2 Å². The van der Waals surface area contributed by atoms with E-state index in [1.807, 2.05) is 49.9 Å². The van der Waals surface area contributed by atoms with Crippen LogP contribution in [-0.4, -0.2) is 30.7 Å². The summed E-state index contributed by atoms with van der Waals surface area (Å²) in [6, 6.07) is 20.8. The average molecular weight is 521 g/mol. The molecule has 1 aliphatic heterocycles. The van der Waals surface area contributed by atoms with Crippen molar-refractivity contribution in [3.8, 4) is 22.6 Å². The van der Waals surface area contributed by atoms with Gasteiger partial charge in [0, 0.05) is 6.42 Å². The molecule has 1 fully saturated rings. The van der Waals surface area contributed by atoms with Gasteiger partial charge in [-0.3, -0.25) is 4.79 Å². The van der Waals surface area contributed by atoms with Gasteiger partial charge >= 0.3 is 5.97 Å². The number of carbonyl (C=O) groups excluding carboxylic acids is 1. The SMILES string of the molecule is CC.COC(=O)CCc1ccc(OCc2cccc(-c3c(C)cc(OC4CCSCC4)cc3C)c2)cc1. The van der Waals surface area contributed by atoms with Crippen LogP contribution >= 0.6 is 11.8 Å². The number of thioether (sulfide) groups is 1. The molecule has 1 heterocycles. The quantitative estimate of drug-likeness (QED) is 0.268. The van der Waals surface area contributed by atoms with Gasteiger partial charge in [0.05, 0.1) is 7.11 Å². The van der Waals surface area contributed by atoms with Crippen LogP contribution in [0.3, 0.4) is 0 Å². The van der Waals surface area contributed by atoms with Crippen LogP contribution in [0.15, 0.2) is 60.7 Å². The predicted molar refractivity (Wildman–Crippen MR) is 155 cm³/mol. The van der Waals surface area contributed by atoms with Gasteiger partial charge in [-0.05, 0) is 108 Å². The third kappa shape index (κ3) is 8.57. The van der Waals surface area contributed by atoms with E-state index in [9.17, 15) is 4.79 Å². The molecular formula is C32H40O4S. The van der Waals surface area contributed by atoms with Crippen LogP contribution in [0.4, 0.5) is 0 Å². The molecule has 0 saturated carbocycles. The van der Waals surface area contributed by atoms with E-state index in [4.69, 9.17) is 14.2 Å². The summed E-state index contributed by atoms with van der Waals surface area (Å²) in [7, 11) is 1.41. The molecular weight excluding hydrogens is 480 g/mol. The van der Waals surface area contributed by atoms with Crippen LogP contribution in [0.1, 0.15) is 55.4 Å². The van der Waals surface area contributed by atoms with Crippen LogP contribution in [0, 0.1) is 13.8 Å². The molecule has 0 amide bonds. The van der Waals surface area contributed by atoms with Gasteiger partial charge in [0.25, 0.3) is 0 Å². The Balaban J connectivity index is 0.00000186. The van der Waals surface area contributed by atoms with Crippen molar-refractivity contribution in [1.82, 2.24) is 0 Å². The monoisotopic (exact) mass is 520 g/mol. The van der Waals surface area contributed by atoms with Gasteiger partial charge in [0.2, 0.25) is 0 Å². The number of ether oxygens (including phenoxy) is 3. The number of hydrogen-bond donors (Lipinski definition) is 0. The summed E-state index contributed by atoms with van der Waals surface area (Å²) in [5.74, 6) is 3.98. The van der Waals surface area contributed by atoms with Crippen molar-refractivity contribution >= 4 is 17.7 Å². The highest BCUT2D eigenvalue weighted by Crippen LogP contribution is 2.33. The first-order valence-corrected chi connectivity index (χ1v) is 14.4. The van der Waals surface area contributed by atoms with Crippen LogP contribution in [-0.2, 0) is 22.6 Å². The van der Waals surface area contributed by atoms with E-state index >= 15 is 0 Å². The van der Waals surface area contributed by atoms with Crippen molar-refractivity contribution in [3.63, 3.8) is 0 Å². The second kappa shape index (κ2) is 14.7. The zero-order valence-corrected chi connectivity index (χ0v) is 23.7. The first kappa shape index (κ1) is 28.6. The molecule has 1 saturated heterocycles. The second-order valence-electron chi connectivity index (χ2n) is 9.07. The Bertz CT molecular complexity index is 1110. The maximum Gasteiger partial charge on any atom is 0.305 e. The Morgan fingerprint density at radius 3 is 2.22 bits per heavy atom. The lowest BCUT2D eigenvalue weighted by molar-refractivity contribution is -0.140. The summed E-state index contributed by atoms with van der Waals surface area (Å²) in [4.78, 5) is 11.3. The van der Waals surface area contributed by atoms with Crippen molar-refractivity contribution in [3.05, 3.63) is 82.9 Å². The third-order valence-electron chi connectivity index (χ3n) is 6.37. The minimum absolute atomic E-state index is 0.193. The van der Waals surface area contributed by atoms with Gasteiger partial charge in [-0.1, -0.05) is 44.2 Å². The van der Waals surface area contributed by atoms with Crippen molar-refractivity contribution in [2.45, 2.75) is 66.1 Å². The molecule has 0 N–H and O–H groups in total. The lowest BCUT2D eigenvalue weighted by Crippen LogP contribution is -2.22. The fraction of sp³-hybridized carbons (Fsp3) is 0.406. The van der Waals surface area contributed by atoms with Crippen LogP contribution < -0.4 is 9.47 Å². The average Bonchev–Trinajstić information content (AvgIpc) is 2.92. The molecule has 0 aliphatic carbocycles. The van der Waals surface area contributed by atoms with E-state index in [1.54, 1.807) is 0 Å². The summed E-state index contributed by atoms with van der Waals surface area (Å²) in [6.45, 7) is 8.82. The molecule has 0 unspecified atom stereocenters. The Kier molecular flexibility index (Phi) is 11.4. The number of benzene rings is 3. The Morgan fingerprint density at radius 2 is 1.57 bits per heavy atom. The van der Waals surface area contributed by atoms with E-state index in [1.165, 1.54) is 40.9 Å². The Hall–Kier alpha value is -2.92. The van der Waals surface area contributed by atoms with Gasteiger partial charge in [-0.25, -0.2) is 0 Å². The molecule has 4 nitrogen and oxygen atoms in total. The molecule has 4 rings (SSSR count). The van der Waals surface area contributed by atoms with Gasteiger partial charge in [0.15, 0.2) is 0 Å². The topological polar surface area (TPSA) is 44.8 Å². The van der Waals surface area contributed by atoms with Crippen molar-refractivity contribution < 1.29 is 19.0 Å². The van der Waals surface area contributed by atoms with Crippen LogP contribution in [0.25, 0.3) is 11.1 Å². The zero-order valence-electron chi connectivity index (χ0n) is 22.8. The molecule has 0 atom stereocenters. The lowest BCUT2D eigenvalue weighted by atomic mass is 9.94. The number of rotatable bonds is 9. The van der Waals surface area contributed by atoms with Crippen LogP contribution in [0.2, 0.25) is 0 Å². The van der Waals surface area contributed by atoms with E-state index in [-0.39, 0.29) is 5.97 Å². The number of esters is 1. The fourth-order valence-electron chi connectivity index (χ4n) is 4.52. The van der Waals surface area contributed by atoms with E-state index in [0.29, 0.717) is 25.6 Å². The van der Waals surface area contributed by atoms with Crippen molar-refractivity contribution in [2.24, 2.45) is 0 Å². The highest BCUT2D eigenvalue weighted by Gasteiger charge is 2.17. The maximum absolute atomic E-state index is 11.3. The van der Waals surface area contributed by atoms with Crippen molar-refractivity contribution in [1.29, 1.82) is 0 Å². The molecule has 5 heteroatoms. The molecule has 1 aliphatic rings. The predicted octanol–water partition coefficient (Wildman–Crippen LogP) is 7.96. The largest absolute Gasteiger partial charge is 0.490 e. The van der Waals surface area contributed by atoms with Gasteiger partial charge in [-0.15, -0.1) is 0 Å². The molecule has 198 valence electrons. The molecule has 0 radical (unpaired) electrons. The second-order valence-corrected chi connectivity index (χ2v) is 10.3. The van der Waals surface area contributed by atoms with Gasteiger partial charge in [-0.2, -0.15) is 11.8 Å². The molecule has 3 aromatic rings. The lowest BCUT2D eigenvalue weighted by Gasteiger charge is -2.24. The molecule has 0 bridgehead atoms. The first-order chi connectivity index (χ1) is 18.0. The number of methoxy groups -OCH3 is 1. The molecule has 3 aromatic carbocycles. The van der Waals surface area contributed by atoms with Crippen LogP contribution in [0.5, 0.6) is 11.5 Å². The summed E-state index contributed by atoms with van der Waals surface area (Å²) < 4.78 is 17.0. The highest BCUT2D eigenvalue weighted by molar-refractivity contribution is 7.99. The standard InChI is InChI=1S/C30H34O4S.C2H6/c1-21-17-28(34-27-13-15-35-16-14-27)18-22(2)30(21)25-6-4-5-24(19-25)20-33-26-10-7-23(8-11-26)9-12-29(31)32-3;1-2/h4-8,10-11,17-19,27H,9,12-16,20H2,1-3H3;1-2H3. The Morgan fingerprint density at radius 1 is 0.892 bits per heavy atom. The van der Waals surface area contributed by atoms with E-state index < -0.39 is 0 Å². The van der Waals surface area contributed by atoms with Crippen molar-refractivity contribution in [2.75, 3.05) is 18.6 Å². The summed E-state index contributed by atoms with van der Waals surface area (Å²) in [6.07, 6.45) is 3.64. The minimum atomic E-state index is -0.193. The highest BCUT2D eigenvalue weighted by atomic mass is 32.2.